The monoisotopic (exact) mass is 349 g/mol. The number of aromatic amines is 1. The molecule has 6 heteroatoms. The molecule has 0 unspecified atom stereocenters. The zero-order valence-electron chi connectivity index (χ0n) is 14.6. The number of carbonyl (C=O) groups excluding carboxylic acids is 1. The van der Waals surface area contributed by atoms with Crippen LogP contribution in [0.4, 0.5) is 5.69 Å². The second-order valence-electron chi connectivity index (χ2n) is 5.60. The highest BCUT2D eigenvalue weighted by atomic mass is 16.5. The van der Waals surface area contributed by atoms with Crippen LogP contribution in [0.2, 0.25) is 0 Å². The van der Waals surface area contributed by atoms with Crippen LogP contribution in [-0.2, 0) is 0 Å². The van der Waals surface area contributed by atoms with Crippen molar-refractivity contribution in [1.29, 1.82) is 0 Å². The summed E-state index contributed by atoms with van der Waals surface area (Å²) in [4.78, 5) is 33.0. The Morgan fingerprint density at radius 3 is 2.42 bits per heavy atom. The van der Waals surface area contributed by atoms with Gasteiger partial charge in [0.15, 0.2) is 0 Å². The summed E-state index contributed by atoms with van der Waals surface area (Å²) in [6, 6.07) is 18.1. The molecule has 0 saturated heterocycles. The second kappa shape index (κ2) is 7.65. The molecule has 1 aromatic heterocycles. The fourth-order valence-electron chi connectivity index (χ4n) is 2.68. The van der Waals surface area contributed by atoms with Crippen molar-refractivity contribution in [2.24, 2.45) is 0 Å². The molecule has 0 spiro atoms. The number of nitrogens with one attached hydrogen (secondary N) is 1. The maximum absolute atomic E-state index is 12.9. The highest BCUT2D eigenvalue weighted by Gasteiger charge is 2.18. The maximum atomic E-state index is 12.9. The number of anilines is 1. The first-order chi connectivity index (χ1) is 12.6. The summed E-state index contributed by atoms with van der Waals surface area (Å²) in [7, 11) is 1.58. The Morgan fingerprint density at radius 2 is 1.81 bits per heavy atom. The van der Waals surface area contributed by atoms with Crippen molar-refractivity contribution in [3.8, 4) is 17.0 Å². The lowest BCUT2D eigenvalue weighted by Gasteiger charge is -2.21. The smallest absolute Gasteiger partial charge is 0.346 e. The minimum absolute atomic E-state index is 0.196. The van der Waals surface area contributed by atoms with Gasteiger partial charge in [-0.2, -0.15) is 4.98 Å². The van der Waals surface area contributed by atoms with Gasteiger partial charge < -0.3 is 14.6 Å². The number of methoxy groups -OCH3 is 1. The summed E-state index contributed by atoms with van der Waals surface area (Å²) in [5.74, 6) is 0.420. The number of carbonyl (C=O) groups is 1. The van der Waals surface area contributed by atoms with E-state index in [4.69, 9.17) is 4.74 Å². The first-order valence-corrected chi connectivity index (χ1v) is 8.25. The van der Waals surface area contributed by atoms with Gasteiger partial charge in [0.05, 0.1) is 12.8 Å². The van der Waals surface area contributed by atoms with Crippen LogP contribution in [0.25, 0.3) is 11.3 Å². The summed E-state index contributed by atoms with van der Waals surface area (Å²) in [6.07, 6.45) is 0. The molecule has 2 aromatic carbocycles. The third kappa shape index (κ3) is 3.64. The molecule has 0 atom stereocenters. The molecule has 3 aromatic rings. The summed E-state index contributed by atoms with van der Waals surface area (Å²) < 4.78 is 5.14. The fourth-order valence-corrected chi connectivity index (χ4v) is 2.68. The molecular weight excluding hydrogens is 330 g/mol. The molecule has 0 radical (unpaired) electrons. The average molecular weight is 349 g/mol. The summed E-state index contributed by atoms with van der Waals surface area (Å²) in [5.41, 5.74) is 1.56. The first-order valence-electron chi connectivity index (χ1n) is 8.25. The Morgan fingerprint density at radius 1 is 1.12 bits per heavy atom. The fraction of sp³-hybridized carbons (Fsp3) is 0.150. The molecule has 1 heterocycles. The number of hydrogen-bond acceptors (Lipinski definition) is 4. The average Bonchev–Trinajstić information content (AvgIpc) is 2.69. The lowest BCUT2D eigenvalue weighted by molar-refractivity contribution is 0.0983. The second-order valence-corrected chi connectivity index (χ2v) is 5.60. The molecule has 6 nitrogen and oxygen atoms in total. The van der Waals surface area contributed by atoms with E-state index in [-0.39, 0.29) is 11.6 Å². The molecule has 0 aliphatic rings. The third-order valence-corrected chi connectivity index (χ3v) is 3.99. The van der Waals surface area contributed by atoms with Crippen LogP contribution in [0.15, 0.2) is 65.5 Å². The van der Waals surface area contributed by atoms with Gasteiger partial charge in [-0.25, -0.2) is 4.79 Å². The lowest BCUT2D eigenvalue weighted by Crippen LogP contribution is -2.33. The van der Waals surface area contributed by atoms with Crippen molar-refractivity contribution >= 4 is 11.6 Å². The summed E-state index contributed by atoms with van der Waals surface area (Å²) >= 11 is 0. The molecule has 0 aliphatic heterocycles. The lowest BCUT2D eigenvalue weighted by atomic mass is 10.1. The van der Waals surface area contributed by atoms with Gasteiger partial charge >= 0.3 is 5.69 Å². The van der Waals surface area contributed by atoms with Crippen molar-refractivity contribution in [1.82, 2.24) is 9.97 Å². The predicted molar refractivity (Wildman–Crippen MR) is 101 cm³/mol. The standard InChI is InChI=1S/C20H19N3O3/c1-3-23(15-7-5-4-6-8-15)19(24)18-13-17(21-20(25)22-18)14-9-11-16(26-2)12-10-14/h4-13H,3H2,1-2H3,(H,21,22,25). The zero-order valence-corrected chi connectivity index (χ0v) is 14.6. The van der Waals surface area contributed by atoms with E-state index in [1.165, 1.54) is 0 Å². The minimum atomic E-state index is -0.564. The van der Waals surface area contributed by atoms with Gasteiger partial charge in [0.1, 0.15) is 11.4 Å². The normalized spacial score (nSPS) is 10.4. The zero-order chi connectivity index (χ0) is 18.5. The Labute approximate surface area is 151 Å². The molecule has 0 bridgehead atoms. The van der Waals surface area contributed by atoms with E-state index in [9.17, 15) is 9.59 Å². The predicted octanol–water partition coefficient (Wildman–Crippen LogP) is 3.11. The van der Waals surface area contributed by atoms with E-state index >= 15 is 0 Å². The number of aromatic nitrogens is 2. The Kier molecular flexibility index (Phi) is 5.12. The highest BCUT2D eigenvalue weighted by molar-refractivity contribution is 6.05. The topological polar surface area (TPSA) is 75.3 Å². The quantitative estimate of drug-likeness (QED) is 0.768. The SMILES string of the molecule is CCN(C(=O)c1cc(-c2ccc(OC)cc2)nc(=O)[nH]1)c1ccccc1. The first kappa shape index (κ1) is 17.4. The number of hydrogen-bond donors (Lipinski definition) is 1. The third-order valence-electron chi connectivity index (χ3n) is 3.99. The van der Waals surface area contributed by atoms with Crippen LogP contribution in [0.1, 0.15) is 17.4 Å². The molecule has 3 rings (SSSR count). The van der Waals surface area contributed by atoms with Crippen molar-refractivity contribution in [2.75, 3.05) is 18.6 Å². The van der Waals surface area contributed by atoms with Crippen LogP contribution in [0.3, 0.4) is 0 Å². The molecule has 0 fully saturated rings. The molecular formula is C20H19N3O3. The van der Waals surface area contributed by atoms with E-state index in [2.05, 4.69) is 9.97 Å². The maximum Gasteiger partial charge on any atom is 0.346 e. The number of para-hydroxylation sites is 1. The number of ether oxygens (including phenoxy) is 1. The molecule has 1 N–H and O–H groups in total. The van der Waals surface area contributed by atoms with Gasteiger partial charge in [0, 0.05) is 17.8 Å². The van der Waals surface area contributed by atoms with Crippen molar-refractivity contribution < 1.29 is 9.53 Å². The number of amides is 1. The molecule has 0 saturated carbocycles. The van der Waals surface area contributed by atoms with Crippen molar-refractivity contribution in [3.63, 3.8) is 0 Å². The van der Waals surface area contributed by atoms with E-state index < -0.39 is 5.69 Å². The Balaban J connectivity index is 1.98. The molecule has 26 heavy (non-hydrogen) atoms. The Hall–Kier alpha value is -3.41. The number of benzene rings is 2. The van der Waals surface area contributed by atoms with E-state index in [1.54, 1.807) is 42.3 Å². The highest BCUT2D eigenvalue weighted by Crippen LogP contribution is 2.21. The van der Waals surface area contributed by atoms with E-state index in [1.807, 2.05) is 37.3 Å². The van der Waals surface area contributed by atoms with Gasteiger partial charge in [0.2, 0.25) is 0 Å². The van der Waals surface area contributed by atoms with Crippen molar-refractivity contribution in [2.45, 2.75) is 6.92 Å². The molecule has 0 aliphatic carbocycles. The van der Waals surface area contributed by atoms with Gasteiger partial charge in [-0.1, -0.05) is 18.2 Å². The largest absolute Gasteiger partial charge is 0.497 e. The summed E-state index contributed by atoms with van der Waals surface area (Å²) in [5, 5.41) is 0. The number of rotatable bonds is 5. The summed E-state index contributed by atoms with van der Waals surface area (Å²) in [6.45, 7) is 2.36. The van der Waals surface area contributed by atoms with Gasteiger partial charge in [-0.05, 0) is 49.4 Å². The van der Waals surface area contributed by atoms with Crippen molar-refractivity contribution in [3.05, 3.63) is 76.8 Å². The Bertz CT molecular complexity index is 950. The van der Waals surface area contributed by atoms with Crippen LogP contribution in [-0.4, -0.2) is 29.5 Å². The van der Waals surface area contributed by atoms with Gasteiger partial charge in [0.25, 0.3) is 5.91 Å². The van der Waals surface area contributed by atoms with E-state index in [0.717, 1.165) is 11.3 Å². The van der Waals surface area contributed by atoms with E-state index in [0.29, 0.717) is 18.0 Å². The number of nitrogens with zero attached hydrogens (tertiary/aromatic N) is 2. The van der Waals surface area contributed by atoms with Crippen LogP contribution < -0.4 is 15.3 Å². The van der Waals surface area contributed by atoms with Gasteiger partial charge in [-0.3, -0.25) is 4.79 Å². The van der Waals surface area contributed by atoms with Crippen LogP contribution in [0, 0.1) is 0 Å². The van der Waals surface area contributed by atoms with Crippen LogP contribution in [0.5, 0.6) is 5.75 Å². The minimum Gasteiger partial charge on any atom is -0.497 e. The van der Waals surface area contributed by atoms with Crippen LogP contribution >= 0.6 is 0 Å². The number of H-pyrrole nitrogens is 1. The van der Waals surface area contributed by atoms with Gasteiger partial charge in [-0.15, -0.1) is 0 Å². The molecule has 1 amide bonds. The molecule has 132 valence electrons.